The van der Waals surface area contributed by atoms with Crippen LogP contribution in [0.2, 0.25) is 0 Å². The Labute approximate surface area is 110 Å². The highest BCUT2D eigenvalue weighted by Crippen LogP contribution is 2.24. The second kappa shape index (κ2) is 6.28. The summed E-state index contributed by atoms with van der Waals surface area (Å²) in [5.74, 6) is -0.712. The molecule has 1 aliphatic rings. The van der Waals surface area contributed by atoms with E-state index in [9.17, 15) is 4.79 Å². The van der Waals surface area contributed by atoms with Crippen molar-refractivity contribution in [2.75, 3.05) is 20.6 Å². The normalized spacial score (nSPS) is 25.1. The minimum atomic E-state index is -0.675. The molecule has 0 aliphatic carbocycles. The summed E-state index contributed by atoms with van der Waals surface area (Å²) in [6.07, 6.45) is 1.97. The molecule has 0 radical (unpaired) electrons. The number of nitrogens with two attached hydrogens (primary N) is 1. The largest absolute Gasteiger partial charge is 0.326 e. The fraction of sp³-hybridized carbons (Fsp3) is 0.846. The molecule has 102 valence electrons. The molecule has 0 aromatic heterocycles. The number of carbonyl (C=O) groups is 1. The van der Waals surface area contributed by atoms with Crippen molar-refractivity contribution in [3.8, 4) is 6.07 Å². The summed E-state index contributed by atoms with van der Waals surface area (Å²) in [5, 5.41) is 8.96. The Kier molecular flexibility index (Phi) is 5.27. The number of nitriles is 1. The third kappa shape index (κ3) is 3.29. The maximum atomic E-state index is 12.0. The van der Waals surface area contributed by atoms with Gasteiger partial charge < -0.3 is 5.73 Å². The Morgan fingerprint density at radius 2 is 2.17 bits per heavy atom. The summed E-state index contributed by atoms with van der Waals surface area (Å²) in [4.78, 5) is 16.5. The zero-order chi connectivity index (χ0) is 13.9. The number of hydrogen-bond acceptors (Lipinski definition) is 5. The highest BCUT2D eigenvalue weighted by Gasteiger charge is 2.35. The monoisotopic (exact) mass is 252 g/mol. The molecule has 2 N–H and O–H groups in total. The van der Waals surface area contributed by atoms with Gasteiger partial charge in [-0.2, -0.15) is 5.26 Å². The van der Waals surface area contributed by atoms with Gasteiger partial charge in [0, 0.05) is 25.0 Å². The molecule has 4 unspecified atom stereocenters. The van der Waals surface area contributed by atoms with E-state index in [0.717, 1.165) is 13.0 Å². The number of ketones is 1. The summed E-state index contributed by atoms with van der Waals surface area (Å²) in [5.41, 5.74) is 5.66. The topological polar surface area (TPSA) is 73.4 Å². The van der Waals surface area contributed by atoms with Crippen LogP contribution in [0.4, 0.5) is 0 Å². The first-order valence-corrected chi connectivity index (χ1v) is 6.48. The quantitative estimate of drug-likeness (QED) is 0.741. The van der Waals surface area contributed by atoms with Crippen molar-refractivity contribution in [1.82, 2.24) is 9.80 Å². The summed E-state index contributed by atoms with van der Waals surface area (Å²) in [6, 6.07) is 1.79. The molecule has 0 saturated carbocycles. The highest BCUT2D eigenvalue weighted by atomic mass is 16.1. The molecule has 0 bridgehead atoms. The number of carbonyl (C=O) groups excluding carboxylic acids is 1. The zero-order valence-corrected chi connectivity index (χ0v) is 11.8. The number of Topliss-reactive ketones (excluding diaryl/α,β-unsaturated/α-hetero) is 1. The smallest absolute Gasteiger partial charge is 0.153 e. The average Bonchev–Trinajstić information content (AvgIpc) is 2.13. The van der Waals surface area contributed by atoms with Gasteiger partial charge in [0.25, 0.3) is 0 Å². The highest BCUT2D eigenvalue weighted by molar-refractivity contribution is 5.84. The van der Waals surface area contributed by atoms with Gasteiger partial charge in [-0.05, 0) is 34.4 Å². The van der Waals surface area contributed by atoms with Gasteiger partial charge in [0.15, 0.2) is 5.78 Å². The second-order valence-corrected chi connectivity index (χ2v) is 5.46. The third-order valence-electron chi connectivity index (χ3n) is 3.70. The molecular formula is C13H24N4O. The van der Waals surface area contributed by atoms with Crippen molar-refractivity contribution in [3.63, 3.8) is 0 Å². The second-order valence-electron chi connectivity index (χ2n) is 5.46. The molecule has 0 aromatic rings. The van der Waals surface area contributed by atoms with E-state index in [2.05, 4.69) is 9.80 Å². The fourth-order valence-electron chi connectivity index (χ4n) is 2.48. The predicted octanol–water partition coefficient (Wildman–Crippen LogP) is 0.414. The number of rotatable bonds is 6. The van der Waals surface area contributed by atoms with Crippen LogP contribution in [0.3, 0.4) is 0 Å². The van der Waals surface area contributed by atoms with Crippen molar-refractivity contribution in [1.29, 1.82) is 5.26 Å². The lowest BCUT2D eigenvalue weighted by molar-refractivity contribution is -0.124. The van der Waals surface area contributed by atoms with Gasteiger partial charge in [-0.3, -0.25) is 14.6 Å². The van der Waals surface area contributed by atoms with Crippen molar-refractivity contribution < 1.29 is 4.79 Å². The Morgan fingerprint density at radius 1 is 1.56 bits per heavy atom. The van der Waals surface area contributed by atoms with Crippen LogP contribution in [0.25, 0.3) is 0 Å². The molecule has 5 nitrogen and oxygen atoms in total. The van der Waals surface area contributed by atoms with Gasteiger partial charge >= 0.3 is 0 Å². The van der Waals surface area contributed by atoms with Gasteiger partial charge in [-0.25, -0.2) is 0 Å². The van der Waals surface area contributed by atoms with E-state index < -0.39 is 12.0 Å². The summed E-state index contributed by atoms with van der Waals surface area (Å²) in [7, 11) is 4.09. The Balaban J connectivity index is 2.52. The molecule has 0 spiro atoms. The van der Waals surface area contributed by atoms with E-state index in [-0.39, 0.29) is 11.8 Å². The minimum Gasteiger partial charge on any atom is -0.326 e. The van der Waals surface area contributed by atoms with E-state index >= 15 is 0 Å². The van der Waals surface area contributed by atoms with Crippen LogP contribution in [0.1, 0.15) is 26.7 Å². The van der Waals surface area contributed by atoms with Gasteiger partial charge in [0.2, 0.25) is 0 Å². The number of likely N-dealkylation sites (tertiary alicyclic amines) is 1. The van der Waals surface area contributed by atoms with Crippen LogP contribution < -0.4 is 5.73 Å². The van der Waals surface area contributed by atoms with E-state index in [1.807, 2.05) is 27.1 Å². The van der Waals surface area contributed by atoms with Gasteiger partial charge in [0.1, 0.15) is 5.92 Å². The molecule has 0 amide bonds. The standard InChI is InChI=1S/C13H24N4O/c1-9(17-6-5-13(17)16(3)4)7-12(18)11(8-14)10(2)15/h9-11,13H,5-7,15H2,1-4H3. The number of hydrogen-bond donors (Lipinski definition) is 1. The predicted molar refractivity (Wildman–Crippen MR) is 70.6 cm³/mol. The SMILES string of the molecule is CC(N)C(C#N)C(=O)CC(C)N1CCC1N(C)C. The first-order valence-electron chi connectivity index (χ1n) is 6.48. The van der Waals surface area contributed by atoms with E-state index in [1.165, 1.54) is 0 Å². The van der Waals surface area contributed by atoms with Crippen molar-refractivity contribution in [2.45, 2.75) is 44.9 Å². The molecule has 0 aromatic carbocycles. The van der Waals surface area contributed by atoms with E-state index in [0.29, 0.717) is 12.6 Å². The number of nitrogens with zero attached hydrogens (tertiary/aromatic N) is 3. The maximum absolute atomic E-state index is 12.0. The third-order valence-corrected chi connectivity index (χ3v) is 3.70. The van der Waals surface area contributed by atoms with Crippen LogP contribution in [0.5, 0.6) is 0 Å². The maximum Gasteiger partial charge on any atom is 0.153 e. The van der Waals surface area contributed by atoms with Crippen LogP contribution in [0, 0.1) is 17.2 Å². The van der Waals surface area contributed by atoms with Crippen molar-refractivity contribution in [3.05, 3.63) is 0 Å². The van der Waals surface area contributed by atoms with Crippen molar-refractivity contribution in [2.24, 2.45) is 11.7 Å². The van der Waals surface area contributed by atoms with Crippen LogP contribution in [-0.4, -0.2) is 54.5 Å². The van der Waals surface area contributed by atoms with Crippen molar-refractivity contribution >= 4 is 5.78 Å². The zero-order valence-electron chi connectivity index (χ0n) is 11.8. The van der Waals surface area contributed by atoms with Crippen LogP contribution in [0.15, 0.2) is 0 Å². The molecular weight excluding hydrogens is 228 g/mol. The van der Waals surface area contributed by atoms with Gasteiger partial charge in [-0.15, -0.1) is 0 Å². The lowest BCUT2D eigenvalue weighted by atomic mass is 9.92. The van der Waals surface area contributed by atoms with Gasteiger partial charge in [0.05, 0.1) is 12.2 Å². The first kappa shape index (κ1) is 15.1. The lowest BCUT2D eigenvalue weighted by Crippen LogP contribution is -2.59. The Morgan fingerprint density at radius 3 is 2.50 bits per heavy atom. The first-order chi connectivity index (χ1) is 8.38. The van der Waals surface area contributed by atoms with Crippen LogP contribution >= 0.6 is 0 Å². The molecule has 1 saturated heterocycles. The van der Waals surface area contributed by atoms with Gasteiger partial charge in [-0.1, -0.05) is 0 Å². The molecule has 1 heterocycles. The molecule has 4 atom stereocenters. The Hall–Kier alpha value is -0.960. The van der Waals surface area contributed by atoms with E-state index in [1.54, 1.807) is 6.92 Å². The molecule has 18 heavy (non-hydrogen) atoms. The van der Waals surface area contributed by atoms with Crippen LogP contribution in [-0.2, 0) is 4.79 Å². The molecule has 1 rings (SSSR count). The molecule has 1 aliphatic heterocycles. The summed E-state index contributed by atoms with van der Waals surface area (Å²) < 4.78 is 0. The summed E-state index contributed by atoms with van der Waals surface area (Å²) in [6.45, 7) is 4.78. The molecule has 1 fully saturated rings. The fourth-order valence-corrected chi connectivity index (χ4v) is 2.48. The average molecular weight is 252 g/mol. The Bertz CT molecular complexity index is 334. The summed E-state index contributed by atoms with van der Waals surface area (Å²) >= 11 is 0. The lowest BCUT2D eigenvalue weighted by Gasteiger charge is -2.48. The van der Waals surface area contributed by atoms with E-state index in [4.69, 9.17) is 11.0 Å². The minimum absolute atomic E-state index is 0.0376. The molecule has 5 heteroatoms.